The molecule has 0 unspecified atom stereocenters. The maximum absolute atomic E-state index is 12.7. The largest absolute Gasteiger partial charge is 0.316 e. The van der Waals surface area contributed by atoms with Crippen LogP contribution in [0.15, 0.2) is 48.7 Å². The summed E-state index contributed by atoms with van der Waals surface area (Å²) in [6.45, 7) is 0. The number of pyridine rings is 1. The summed E-state index contributed by atoms with van der Waals surface area (Å²) in [5.74, 6) is -0.468. The standard InChI is InChI=1S/C17H18FN3O2/c1-21(14-6-3-2-4-7-14)17(23)9-5-8-16(22)20-15-11-10-13(18)12-19-15/h2-4,6-7,10-12H,5,8-9H2,1H3,(H,19,20,22). The first kappa shape index (κ1) is 16.6. The molecule has 2 amide bonds. The molecule has 6 heteroatoms. The number of amides is 2. The smallest absolute Gasteiger partial charge is 0.226 e. The second-order valence-corrected chi connectivity index (χ2v) is 5.05. The van der Waals surface area contributed by atoms with E-state index in [0.29, 0.717) is 12.2 Å². The molecular weight excluding hydrogens is 297 g/mol. The number of hydrogen-bond acceptors (Lipinski definition) is 3. The number of rotatable bonds is 6. The molecule has 1 heterocycles. The Hall–Kier alpha value is -2.76. The monoisotopic (exact) mass is 315 g/mol. The van der Waals surface area contributed by atoms with Crippen LogP contribution in [0, 0.1) is 5.82 Å². The molecule has 23 heavy (non-hydrogen) atoms. The first-order valence-corrected chi connectivity index (χ1v) is 7.29. The van der Waals surface area contributed by atoms with Gasteiger partial charge in [0.2, 0.25) is 11.8 Å². The Balaban J connectivity index is 1.74. The first-order chi connectivity index (χ1) is 11.1. The third kappa shape index (κ3) is 5.18. The molecule has 0 aliphatic rings. The number of hydrogen-bond donors (Lipinski definition) is 1. The average Bonchev–Trinajstić information content (AvgIpc) is 2.57. The van der Waals surface area contributed by atoms with Gasteiger partial charge in [0, 0.05) is 25.6 Å². The highest BCUT2D eigenvalue weighted by molar-refractivity contribution is 5.93. The van der Waals surface area contributed by atoms with Gasteiger partial charge in [-0.3, -0.25) is 9.59 Å². The molecule has 5 nitrogen and oxygen atoms in total. The van der Waals surface area contributed by atoms with Gasteiger partial charge in [0.15, 0.2) is 0 Å². The topological polar surface area (TPSA) is 62.3 Å². The third-order valence-electron chi connectivity index (χ3n) is 3.31. The van der Waals surface area contributed by atoms with Gasteiger partial charge in [-0.05, 0) is 30.7 Å². The van der Waals surface area contributed by atoms with E-state index in [1.54, 1.807) is 11.9 Å². The van der Waals surface area contributed by atoms with Gasteiger partial charge < -0.3 is 10.2 Å². The van der Waals surface area contributed by atoms with Gasteiger partial charge in [0.05, 0.1) is 6.20 Å². The molecule has 0 atom stereocenters. The highest BCUT2D eigenvalue weighted by Gasteiger charge is 2.11. The van der Waals surface area contributed by atoms with Crippen LogP contribution in [0.2, 0.25) is 0 Å². The van der Waals surface area contributed by atoms with Crippen LogP contribution < -0.4 is 10.2 Å². The van der Waals surface area contributed by atoms with E-state index in [4.69, 9.17) is 0 Å². The number of para-hydroxylation sites is 1. The molecule has 1 aromatic carbocycles. The zero-order chi connectivity index (χ0) is 16.7. The fourth-order valence-corrected chi connectivity index (χ4v) is 2.02. The highest BCUT2D eigenvalue weighted by Crippen LogP contribution is 2.13. The molecule has 120 valence electrons. The van der Waals surface area contributed by atoms with Crippen molar-refractivity contribution in [3.05, 3.63) is 54.5 Å². The summed E-state index contributed by atoms with van der Waals surface area (Å²) in [5.41, 5.74) is 0.817. The second-order valence-electron chi connectivity index (χ2n) is 5.05. The van der Waals surface area contributed by atoms with E-state index in [1.165, 1.54) is 12.1 Å². The van der Waals surface area contributed by atoms with Crippen LogP contribution in [-0.2, 0) is 9.59 Å². The fraction of sp³-hybridized carbons (Fsp3) is 0.235. The lowest BCUT2D eigenvalue weighted by molar-refractivity contribution is -0.118. The Kier molecular flexibility index (Phi) is 5.80. The van der Waals surface area contributed by atoms with Crippen LogP contribution in [0.25, 0.3) is 0 Å². The molecule has 2 rings (SSSR count). The van der Waals surface area contributed by atoms with E-state index in [-0.39, 0.29) is 24.7 Å². The molecular formula is C17H18FN3O2. The van der Waals surface area contributed by atoms with Crippen molar-refractivity contribution in [2.24, 2.45) is 0 Å². The minimum Gasteiger partial charge on any atom is -0.316 e. The molecule has 2 aromatic rings. The molecule has 0 saturated carbocycles. The number of benzene rings is 1. The lowest BCUT2D eigenvalue weighted by Gasteiger charge is -2.17. The average molecular weight is 315 g/mol. The van der Waals surface area contributed by atoms with Gasteiger partial charge in [-0.1, -0.05) is 18.2 Å². The first-order valence-electron chi connectivity index (χ1n) is 7.29. The summed E-state index contributed by atoms with van der Waals surface area (Å²) < 4.78 is 12.7. The summed E-state index contributed by atoms with van der Waals surface area (Å²) >= 11 is 0. The van der Waals surface area contributed by atoms with Crippen LogP contribution in [0.1, 0.15) is 19.3 Å². The summed E-state index contributed by atoms with van der Waals surface area (Å²) in [7, 11) is 1.71. The van der Waals surface area contributed by atoms with Gasteiger partial charge >= 0.3 is 0 Å². The summed E-state index contributed by atoms with van der Waals surface area (Å²) in [5, 5.41) is 2.56. The highest BCUT2D eigenvalue weighted by atomic mass is 19.1. The molecule has 0 aliphatic heterocycles. The summed E-state index contributed by atoms with van der Waals surface area (Å²) in [6.07, 6.45) is 1.94. The van der Waals surface area contributed by atoms with Crippen molar-refractivity contribution >= 4 is 23.3 Å². The van der Waals surface area contributed by atoms with E-state index in [1.807, 2.05) is 30.3 Å². The third-order valence-corrected chi connectivity index (χ3v) is 3.31. The minimum absolute atomic E-state index is 0.0519. The van der Waals surface area contributed by atoms with Crippen molar-refractivity contribution in [1.29, 1.82) is 0 Å². The predicted octanol–water partition coefficient (Wildman–Crippen LogP) is 2.99. The fourth-order valence-electron chi connectivity index (χ4n) is 2.02. The molecule has 0 bridgehead atoms. The van der Waals surface area contributed by atoms with Crippen LogP contribution in [0.4, 0.5) is 15.9 Å². The Morgan fingerprint density at radius 1 is 1.13 bits per heavy atom. The minimum atomic E-state index is -0.461. The zero-order valence-electron chi connectivity index (χ0n) is 12.8. The molecule has 1 N–H and O–H groups in total. The summed E-state index contributed by atoms with van der Waals surface area (Å²) in [6, 6.07) is 11.9. The van der Waals surface area contributed by atoms with Gasteiger partial charge in [-0.15, -0.1) is 0 Å². The van der Waals surface area contributed by atoms with Crippen molar-refractivity contribution in [2.45, 2.75) is 19.3 Å². The Morgan fingerprint density at radius 3 is 2.52 bits per heavy atom. The zero-order valence-corrected chi connectivity index (χ0v) is 12.8. The number of aromatic nitrogens is 1. The maximum atomic E-state index is 12.7. The van der Waals surface area contributed by atoms with Gasteiger partial charge in [0.25, 0.3) is 0 Å². The van der Waals surface area contributed by atoms with Crippen molar-refractivity contribution < 1.29 is 14.0 Å². The van der Waals surface area contributed by atoms with Crippen molar-refractivity contribution in [3.8, 4) is 0 Å². The number of nitrogens with zero attached hydrogens (tertiary/aromatic N) is 2. The van der Waals surface area contributed by atoms with E-state index in [0.717, 1.165) is 11.9 Å². The Labute approximate surface area is 134 Å². The quantitative estimate of drug-likeness (QED) is 0.891. The van der Waals surface area contributed by atoms with Gasteiger partial charge in [-0.25, -0.2) is 9.37 Å². The normalized spacial score (nSPS) is 10.2. The molecule has 1 aromatic heterocycles. The van der Waals surface area contributed by atoms with Crippen LogP contribution in [0.5, 0.6) is 0 Å². The van der Waals surface area contributed by atoms with Gasteiger partial charge in [0.1, 0.15) is 11.6 Å². The SMILES string of the molecule is CN(C(=O)CCCC(=O)Nc1ccc(F)cn1)c1ccccc1. The number of anilines is 2. The number of carbonyl (C=O) groups excluding carboxylic acids is 2. The van der Waals surface area contributed by atoms with E-state index >= 15 is 0 Å². The predicted molar refractivity (Wildman–Crippen MR) is 86.5 cm³/mol. The van der Waals surface area contributed by atoms with E-state index < -0.39 is 5.82 Å². The molecule has 0 fully saturated rings. The molecule has 0 radical (unpaired) electrons. The van der Waals surface area contributed by atoms with Crippen molar-refractivity contribution in [2.75, 3.05) is 17.3 Å². The van der Waals surface area contributed by atoms with Crippen molar-refractivity contribution in [1.82, 2.24) is 4.98 Å². The number of carbonyl (C=O) groups is 2. The van der Waals surface area contributed by atoms with Crippen LogP contribution in [-0.4, -0.2) is 23.8 Å². The Morgan fingerprint density at radius 2 is 1.87 bits per heavy atom. The number of halogens is 1. The van der Waals surface area contributed by atoms with Crippen LogP contribution in [0.3, 0.4) is 0 Å². The second kappa shape index (κ2) is 8.03. The van der Waals surface area contributed by atoms with E-state index in [9.17, 15) is 14.0 Å². The molecule has 0 aliphatic carbocycles. The number of nitrogens with one attached hydrogen (secondary N) is 1. The van der Waals surface area contributed by atoms with Crippen molar-refractivity contribution in [3.63, 3.8) is 0 Å². The van der Waals surface area contributed by atoms with E-state index in [2.05, 4.69) is 10.3 Å². The Bertz CT molecular complexity index is 659. The lowest BCUT2D eigenvalue weighted by Crippen LogP contribution is -2.26. The lowest BCUT2D eigenvalue weighted by atomic mass is 10.2. The van der Waals surface area contributed by atoms with Gasteiger partial charge in [-0.2, -0.15) is 0 Å². The molecule has 0 spiro atoms. The van der Waals surface area contributed by atoms with Crippen LogP contribution >= 0.6 is 0 Å². The maximum Gasteiger partial charge on any atom is 0.226 e. The summed E-state index contributed by atoms with van der Waals surface area (Å²) in [4.78, 5) is 29.1. The molecule has 0 saturated heterocycles.